The van der Waals surface area contributed by atoms with E-state index in [0.29, 0.717) is 12.1 Å². The Labute approximate surface area is 142 Å². The third-order valence-electron chi connectivity index (χ3n) is 3.37. The van der Waals surface area contributed by atoms with Gasteiger partial charge in [0.05, 0.1) is 11.4 Å². The molecule has 128 valence electrons. The summed E-state index contributed by atoms with van der Waals surface area (Å²) in [4.78, 5) is 16.3. The molecule has 0 aliphatic heterocycles. The average molecular weight is 359 g/mol. The Morgan fingerprint density at radius 1 is 1.20 bits per heavy atom. The Balaban J connectivity index is 1.80. The summed E-state index contributed by atoms with van der Waals surface area (Å²) in [7, 11) is -3.24. The van der Waals surface area contributed by atoms with Crippen molar-refractivity contribution < 1.29 is 18.3 Å². The van der Waals surface area contributed by atoms with Gasteiger partial charge in [-0.1, -0.05) is 12.1 Å². The average Bonchev–Trinajstić information content (AvgIpc) is 3.03. The van der Waals surface area contributed by atoms with E-state index in [0.717, 1.165) is 11.8 Å². The molecule has 0 bridgehead atoms. The number of sulfone groups is 1. The topological polar surface area (TPSA) is 128 Å². The van der Waals surface area contributed by atoms with Crippen LogP contribution in [0.2, 0.25) is 0 Å². The number of carbonyl (C=O) groups is 1. The van der Waals surface area contributed by atoms with E-state index in [9.17, 15) is 13.2 Å². The lowest BCUT2D eigenvalue weighted by Crippen LogP contribution is -2.05. The summed E-state index contributed by atoms with van der Waals surface area (Å²) in [6.07, 6.45) is 2.51. The SMILES string of the molecule is CS(=O)(=O)c1ccc(Cn2nnc(-c3ccnc(C(=O)O)c3)n2)cc1. The van der Waals surface area contributed by atoms with Crippen molar-refractivity contribution in [2.75, 3.05) is 6.26 Å². The van der Waals surface area contributed by atoms with Crippen LogP contribution < -0.4 is 0 Å². The van der Waals surface area contributed by atoms with Crippen molar-refractivity contribution in [3.05, 3.63) is 53.9 Å². The number of aromatic nitrogens is 5. The molecule has 0 spiro atoms. The molecule has 10 heteroatoms. The van der Waals surface area contributed by atoms with Crippen LogP contribution in [-0.4, -0.2) is 50.9 Å². The van der Waals surface area contributed by atoms with Crippen molar-refractivity contribution in [3.63, 3.8) is 0 Å². The fraction of sp³-hybridized carbons (Fsp3) is 0.133. The first-order valence-electron chi connectivity index (χ1n) is 7.09. The van der Waals surface area contributed by atoms with E-state index in [-0.39, 0.29) is 16.4 Å². The highest BCUT2D eigenvalue weighted by Gasteiger charge is 2.11. The molecule has 0 radical (unpaired) electrons. The van der Waals surface area contributed by atoms with Crippen molar-refractivity contribution in [2.45, 2.75) is 11.4 Å². The van der Waals surface area contributed by atoms with Crippen LogP contribution in [0.25, 0.3) is 11.4 Å². The van der Waals surface area contributed by atoms with Crippen molar-refractivity contribution in [2.24, 2.45) is 0 Å². The van der Waals surface area contributed by atoms with Crippen LogP contribution in [0.3, 0.4) is 0 Å². The van der Waals surface area contributed by atoms with Crippen LogP contribution in [0, 0.1) is 0 Å². The summed E-state index contributed by atoms with van der Waals surface area (Å²) in [5.41, 5.74) is 1.19. The number of carboxylic acid groups (broad SMARTS) is 1. The smallest absolute Gasteiger partial charge is 0.354 e. The zero-order chi connectivity index (χ0) is 18.0. The minimum atomic E-state index is -3.24. The Bertz CT molecular complexity index is 1030. The van der Waals surface area contributed by atoms with Crippen LogP contribution in [-0.2, 0) is 16.4 Å². The number of tetrazole rings is 1. The number of rotatable bonds is 5. The fourth-order valence-electron chi connectivity index (χ4n) is 2.12. The molecule has 0 unspecified atom stereocenters. The zero-order valence-corrected chi connectivity index (χ0v) is 13.9. The quantitative estimate of drug-likeness (QED) is 0.711. The summed E-state index contributed by atoms with van der Waals surface area (Å²) in [5, 5.41) is 21.0. The van der Waals surface area contributed by atoms with Crippen LogP contribution in [0.1, 0.15) is 16.1 Å². The molecule has 0 atom stereocenters. The van der Waals surface area contributed by atoms with Crippen molar-refractivity contribution in [1.29, 1.82) is 0 Å². The van der Waals surface area contributed by atoms with Gasteiger partial charge in [0.2, 0.25) is 5.82 Å². The van der Waals surface area contributed by atoms with Gasteiger partial charge in [0.1, 0.15) is 5.69 Å². The summed E-state index contributed by atoms with van der Waals surface area (Å²) in [6.45, 7) is 0.300. The maximum Gasteiger partial charge on any atom is 0.354 e. The van der Waals surface area contributed by atoms with Gasteiger partial charge < -0.3 is 5.11 Å². The minimum absolute atomic E-state index is 0.106. The molecule has 3 rings (SSSR count). The van der Waals surface area contributed by atoms with Crippen LogP contribution in [0.15, 0.2) is 47.5 Å². The summed E-state index contributed by atoms with van der Waals surface area (Å²) in [6, 6.07) is 9.34. The molecular formula is C15H13N5O4S. The van der Waals surface area contributed by atoms with E-state index in [1.165, 1.54) is 29.2 Å². The zero-order valence-electron chi connectivity index (χ0n) is 13.1. The van der Waals surface area contributed by atoms with E-state index in [1.807, 2.05) is 0 Å². The predicted molar refractivity (Wildman–Crippen MR) is 86.7 cm³/mol. The molecule has 0 amide bonds. The number of hydrogen-bond acceptors (Lipinski definition) is 7. The normalized spacial score (nSPS) is 11.4. The summed E-state index contributed by atoms with van der Waals surface area (Å²) >= 11 is 0. The molecule has 0 saturated carbocycles. The molecule has 2 aromatic heterocycles. The first-order chi connectivity index (χ1) is 11.8. The molecule has 1 aromatic carbocycles. The minimum Gasteiger partial charge on any atom is -0.477 e. The fourth-order valence-corrected chi connectivity index (χ4v) is 2.75. The first-order valence-corrected chi connectivity index (χ1v) is 8.98. The Morgan fingerprint density at radius 3 is 2.56 bits per heavy atom. The molecule has 3 aromatic rings. The number of benzene rings is 1. The van der Waals surface area contributed by atoms with Gasteiger partial charge in [-0.25, -0.2) is 18.2 Å². The predicted octanol–water partition coefficient (Wildman–Crippen LogP) is 0.885. The molecular weight excluding hydrogens is 346 g/mol. The number of nitrogens with zero attached hydrogens (tertiary/aromatic N) is 5. The highest BCUT2D eigenvalue weighted by Crippen LogP contribution is 2.15. The van der Waals surface area contributed by atoms with Crippen LogP contribution >= 0.6 is 0 Å². The molecule has 2 heterocycles. The van der Waals surface area contributed by atoms with E-state index in [1.54, 1.807) is 18.2 Å². The Kier molecular flexibility index (Phi) is 4.28. The van der Waals surface area contributed by atoms with Gasteiger partial charge in [0.25, 0.3) is 0 Å². The molecule has 25 heavy (non-hydrogen) atoms. The number of aromatic carboxylic acids is 1. The van der Waals surface area contributed by atoms with E-state index in [2.05, 4.69) is 20.4 Å². The lowest BCUT2D eigenvalue weighted by Gasteiger charge is -2.02. The van der Waals surface area contributed by atoms with E-state index < -0.39 is 15.8 Å². The van der Waals surface area contributed by atoms with Gasteiger partial charge in [0.15, 0.2) is 9.84 Å². The number of carboxylic acids is 1. The summed E-state index contributed by atoms with van der Waals surface area (Å²) in [5.74, 6) is -0.863. The number of hydrogen-bond donors (Lipinski definition) is 1. The monoisotopic (exact) mass is 359 g/mol. The molecule has 0 aliphatic rings. The van der Waals surface area contributed by atoms with Gasteiger partial charge in [-0.3, -0.25) is 0 Å². The van der Waals surface area contributed by atoms with Gasteiger partial charge in [0, 0.05) is 18.0 Å². The standard InChI is InChI=1S/C15H13N5O4S/c1-25(23,24)12-4-2-10(3-5-12)9-20-18-14(17-19-20)11-6-7-16-13(8-11)15(21)22/h2-8H,9H2,1H3,(H,21,22). The molecule has 9 nitrogen and oxygen atoms in total. The third kappa shape index (κ3) is 3.86. The second-order valence-corrected chi connectivity index (χ2v) is 7.31. The second kappa shape index (κ2) is 6.40. The molecule has 1 N–H and O–H groups in total. The maximum absolute atomic E-state index is 11.5. The second-order valence-electron chi connectivity index (χ2n) is 5.29. The number of pyridine rings is 1. The maximum atomic E-state index is 11.5. The summed E-state index contributed by atoms with van der Waals surface area (Å²) < 4.78 is 22.9. The van der Waals surface area contributed by atoms with Gasteiger partial charge in [-0.05, 0) is 35.0 Å². The molecule has 0 fully saturated rings. The van der Waals surface area contributed by atoms with Crippen LogP contribution in [0.5, 0.6) is 0 Å². The van der Waals surface area contributed by atoms with Crippen molar-refractivity contribution in [1.82, 2.24) is 25.2 Å². The van der Waals surface area contributed by atoms with E-state index in [4.69, 9.17) is 5.11 Å². The lowest BCUT2D eigenvalue weighted by atomic mass is 10.2. The molecule has 0 aliphatic carbocycles. The van der Waals surface area contributed by atoms with E-state index >= 15 is 0 Å². The third-order valence-corrected chi connectivity index (χ3v) is 4.49. The van der Waals surface area contributed by atoms with Gasteiger partial charge >= 0.3 is 5.97 Å². The highest BCUT2D eigenvalue weighted by atomic mass is 32.2. The highest BCUT2D eigenvalue weighted by molar-refractivity contribution is 7.90. The van der Waals surface area contributed by atoms with Gasteiger partial charge in [-0.2, -0.15) is 4.80 Å². The van der Waals surface area contributed by atoms with Crippen LogP contribution in [0.4, 0.5) is 0 Å². The Morgan fingerprint density at radius 2 is 1.92 bits per heavy atom. The molecule has 0 saturated heterocycles. The first kappa shape index (κ1) is 16.7. The van der Waals surface area contributed by atoms with Gasteiger partial charge in [-0.15, -0.1) is 10.2 Å². The largest absolute Gasteiger partial charge is 0.477 e. The van der Waals surface area contributed by atoms with Crippen molar-refractivity contribution in [3.8, 4) is 11.4 Å². The lowest BCUT2D eigenvalue weighted by molar-refractivity contribution is 0.0690. The Hall–Kier alpha value is -3.14. The van der Waals surface area contributed by atoms with Crippen molar-refractivity contribution >= 4 is 15.8 Å².